The number of nitrogens with zero attached hydrogens (tertiary/aromatic N) is 4. The average Bonchev–Trinajstić information content (AvgIpc) is 3.45. The normalized spacial score (nSPS) is 12.1. The number of thiazole rings is 1. The highest BCUT2D eigenvalue weighted by molar-refractivity contribution is 7.99. The van der Waals surface area contributed by atoms with E-state index in [0.717, 1.165) is 10.2 Å². The number of aromatic nitrogens is 4. The quantitative estimate of drug-likeness (QED) is 0.245. The third-order valence-electron chi connectivity index (χ3n) is 5.38. The molecule has 2 heterocycles. The van der Waals surface area contributed by atoms with Crippen LogP contribution in [0.25, 0.3) is 10.2 Å². The lowest BCUT2D eigenvalue weighted by Gasteiger charge is -2.21. The zero-order valence-electron chi connectivity index (χ0n) is 20.2. The zero-order valence-corrected chi connectivity index (χ0v) is 22.6. The van der Waals surface area contributed by atoms with Crippen LogP contribution in [0.3, 0.4) is 0 Å². The number of halogens is 1. The van der Waals surface area contributed by atoms with Crippen LogP contribution >= 0.6 is 34.7 Å². The third kappa shape index (κ3) is 6.24. The van der Waals surface area contributed by atoms with Gasteiger partial charge in [-0.1, -0.05) is 72.8 Å². The van der Waals surface area contributed by atoms with E-state index in [2.05, 4.69) is 39.7 Å². The molecule has 0 fully saturated rings. The van der Waals surface area contributed by atoms with Crippen molar-refractivity contribution in [3.8, 4) is 0 Å². The van der Waals surface area contributed by atoms with Gasteiger partial charge in [0.25, 0.3) is 5.91 Å². The van der Waals surface area contributed by atoms with Gasteiger partial charge < -0.3 is 15.2 Å². The second-order valence-electron chi connectivity index (χ2n) is 8.54. The van der Waals surface area contributed by atoms with Crippen molar-refractivity contribution < 1.29 is 9.59 Å². The number of fused-ring (bicyclic) bond motifs is 1. The van der Waals surface area contributed by atoms with Gasteiger partial charge in [0.2, 0.25) is 5.91 Å². The second kappa shape index (κ2) is 11.9. The van der Waals surface area contributed by atoms with Crippen LogP contribution in [0.1, 0.15) is 49.4 Å². The summed E-state index contributed by atoms with van der Waals surface area (Å²) in [6.07, 6.45) is 0.678. The van der Waals surface area contributed by atoms with E-state index in [-0.39, 0.29) is 23.6 Å². The predicted molar refractivity (Wildman–Crippen MR) is 146 cm³/mol. The number of benzene rings is 2. The molecule has 2 aromatic heterocycles. The molecule has 8 nitrogen and oxygen atoms in total. The molecule has 0 aliphatic rings. The predicted octanol–water partition coefficient (Wildman–Crippen LogP) is 5.81. The smallest absolute Gasteiger partial charge is 0.253 e. The number of anilines is 1. The van der Waals surface area contributed by atoms with Gasteiger partial charge in [0.05, 0.1) is 32.6 Å². The Morgan fingerprint density at radius 3 is 2.58 bits per heavy atom. The van der Waals surface area contributed by atoms with Gasteiger partial charge in [0.1, 0.15) is 0 Å². The molecule has 0 radical (unpaired) electrons. The fourth-order valence-corrected chi connectivity index (χ4v) is 5.67. The lowest BCUT2D eigenvalue weighted by Crippen LogP contribution is -2.31. The lowest BCUT2D eigenvalue weighted by molar-refractivity contribution is -0.113. The summed E-state index contributed by atoms with van der Waals surface area (Å²) in [5, 5.41) is 16.3. The van der Waals surface area contributed by atoms with Gasteiger partial charge in [-0.2, -0.15) is 0 Å². The maximum absolute atomic E-state index is 13.0. The Morgan fingerprint density at radius 2 is 1.86 bits per heavy atom. The number of thioether (sulfide) groups is 1. The standard InChI is InChI=1S/C25H27ClN6O2S2/c1-4-32-22(19(13-15(2)3)27-23(34)16-9-5-6-10-17(16)26)30-31-25(32)35-14-21(33)29-24-28-18-11-7-8-12-20(18)36-24/h5-12,15,19H,4,13-14H2,1-3H3,(H,27,34)(H,28,29,33)/t19-/m1/s1. The third-order valence-corrected chi connectivity index (χ3v) is 7.63. The Kier molecular flexibility index (Phi) is 8.60. The molecule has 0 aliphatic heterocycles. The molecule has 0 saturated carbocycles. The molecule has 0 saturated heterocycles. The number of para-hydroxylation sites is 1. The SMILES string of the molecule is CCn1c(SCC(=O)Nc2nc3ccccc3s2)nnc1[C@@H](CC(C)C)NC(=O)c1ccccc1Cl. The first-order chi connectivity index (χ1) is 17.4. The summed E-state index contributed by atoms with van der Waals surface area (Å²) >= 11 is 8.97. The van der Waals surface area contributed by atoms with E-state index in [1.54, 1.807) is 24.3 Å². The van der Waals surface area contributed by atoms with Gasteiger partial charge in [-0.3, -0.25) is 9.59 Å². The summed E-state index contributed by atoms with van der Waals surface area (Å²) < 4.78 is 2.96. The van der Waals surface area contributed by atoms with Crippen LogP contribution in [-0.2, 0) is 11.3 Å². The minimum atomic E-state index is -0.354. The monoisotopic (exact) mass is 542 g/mol. The molecule has 4 rings (SSSR count). The first-order valence-corrected chi connectivity index (χ1v) is 13.8. The molecular weight excluding hydrogens is 516 g/mol. The Bertz CT molecular complexity index is 1340. The molecule has 0 spiro atoms. The number of rotatable bonds is 10. The Morgan fingerprint density at radius 1 is 1.11 bits per heavy atom. The Balaban J connectivity index is 1.46. The van der Waals surface area contributed by atoms with Gasteiger partial charge in [-0.05, 0) is 43.5 Å². The minimum absolute atomic E-state index is 0.162. The van der Waals surface area contributed by atoms with Crippen LogP contribution in [0.5, 0.6) is 0 Å². The van der Waals surface area contributed by atoms with Gasteiger partial charge in [0.15, 0.2) is 16.1 Å². The molecule has 4 aromatic rings. The molecule has 36 heavy (non-hydrogen) atoms. The van der Waals surface area contributed by atoms with Crippen LogP contribution in [0.4, 0.5) is 5.13 Å². The summed E-state index contributed by atoms with van der Waals surface area (Å²) in [7, 11) is 0. The van der Waals surface area contributed by atoms with E-state index < -0.39 is 0 Å². The first-order valence-electron chi connectivity index (χ1n) is 11.6. The van der Waals surface area contributed by atoms with Crippen molar-refractivity contribution in [2.45, 2.75) is 44.9 Å². The maximum atomic E-state index is 13.0. The van der Waals surface area contributed by atoms with Crippen molar-refractivity contribution in [1.82, 2.24) is 25.1 Å². The van der Waals surface area contributed by atoms with Crippen LogP contribution in [-0.4, -0.2) is 37.3 Å². The highest BCUT2D eigenvalue weighted by Crippen LogP contribution is 2.28. The van der Waals surface area contributed by atoms with Crippen molar-refractivity contribution in [2.24, 2.45) is 5.92 Å². The van der Waals surface area contributed by atoms with Gasteiger partial charge in [-0.15, -0.1) is 10.2 Å². The highest BCUT2D eigenvalue weighted by Gasteiger charge is 2.25. The van der Waals surface area contributed by atoms with Gasteiger partial charge >= 0.3 is 0 Å². The molecule has 2 N–H and O–H groups in total. The minimum Gasteiger partial charge on any atom is -0.342 e. The van der Waals surface area contributed by atoms with E-state index in [1.807, 2.05) is 35.8 Å². The van der Waals surface area contributed by atoms with Crippen LogP contribution in [0.15, 0.2) is 53.7 Å². The van der Waals surface area contributed by atoms with Crippen molar-refractivity contribution in [3.63, 3.8) is 0 Å². The van der Waals surface area contributed by atoms with Crippen molar-refractivity contribution in [1.29, 1.82) is 0 Å². The van der Waals surface area contributed by atoms with Gasteiger partial charge in [-0.25, -0.2) is 4.98 Å². The summed E-state index contributed by atoms with van der Waals surface area (Å²) in [6, 6.07) is 14.3. The second-order valence-corrected chi connectivity index (χ2v) is 10.9. The number of carbonyl (C=O) groups excluding carboxylic acids is 2. The molecule has 0 bridgehead atoms. The van der Waals surface area contributed by atoms with Crippen molar-refractivity contribution in [2.75, 3.05) is 11.1 Å². The number of carbonyl (C=O) groups is 2. The molecule has 1 atom stereocenters. The summed E-state index contributed by atoms with van der Waals surface area (Å²) in [4.78, 5) is 30.0. The summed E-state index contributed by atoms with van der Waals surface area (Å²) in [5.74, 6) is 0.688. The first kappa shape index (κ1) is 26.1. The number of hydrogen-bond acceptors (Lipinski definition) is 7. The van der Waals surface area contributed by atoms with Crippen LogP contribution < -0.4 is 10.6 Å². The molecule has 2 amide bonds. The molecule has 0 unspecified atom stereocenters. The summed E-state index contributed by atoms with van der Waals surface area (Å²) in [5.41, 5.74) is 1.27. The fourth-order valence-electron chi connectivity index (χ4n) is 3.75. The van der Waals surface area contributed by atoms with Crippen molar-refractivity contribution in [3.05, 3.63) is 64.9 Å². The van der Waals surface area contributed by atoms with Crippen LogP contribution in [0, 0.1) is 5.92 Å². The molecular formula is C25H27ClN6O2S2. The Labute approximate surface area is 222 Å². The van der Waals surface area contributed by atoms with E-state index in [9.17, 15) is 9.59 Å². The van der Waals surface area contributed by atoms with Crippen LogP contribution in [0.2, 0.25) is 5.02 Å². The molecule has 11 heteroatoms. The topological polar surface area (TPSA) is 102 Å². The fraction of sp³-hybridized carbons (Fsp3) is 0.320. The van der Waals surface area contributed by atoms with E-state index >= 15 is 0 Å². The Hall–Kier alpha value is -2.95. The van der Waals surface area contributed by atoms with Crippen molar-refractivity contribution >= 4 is 61.9 Å². The average molecular weight is 543 g/mol. The summed E-state index contributed by atoms with van der Waals surface area (Å²) in [6.45, 7) is 6.76. The molecule has 0 aliphatic carbocycles. The largest absolute Gasteiger partial charge is 0.342 e. The molecule has 188 valence electrons. The maximum Gasteiger partial charge on any atom is 0.253 e. The van der Waals surface area contributed by atoms with Gasteiger partial charge in [0, 0.05) is 6.54 Å². The molecule has 2 aromatic carbocycles. The van der Waals surface area contributed by atoms with E-state index in [4.69, 9.17) is 11.6 Å². The van der Waals surface area contributed by atoms with E-state index in [1.165, 1.54) is 23.1 Å². The lowest BCUT2D eigenvalue weighted by atomic mass is 10.0. The zero-order chi connectivity index (χ0) is 25.7. The number of hydrogen-bond donors (Lipinski definition) is 2. The highest BCUT2D eigenvalue weighted by atomic mass is 35.5. The van der Waals surface area contributed by atoms with E-state index in [0.29, 0.717) is 45.6 Å². The number of nitrogens with one attached hydrogen (secondary N) is 2. The number of amides is 2.